The van der Waals surface area contributed by atoms with Crippen LogP contribution in [0, 0.1) is 0 Å². The number of alkyl halides is 1. The summed E-state index contributed by atoms with van der Waals surface area (Å²) in [6, 6.07) is 0.196. The van der Waals surface area contributed by atoms with E-state index in [9.17, 15) is 0 Å². The molecule has 0 amide bonds. The number of hydrogen-bond donors (Lipinski definition) is 2. The number of nitrogens with one attached hydrogen (secondary N) is 1. The SMILES string of the molecule is CC(Cl)[C@@H](C)NN. The van der Waals surface area contributed by atoms with Crippen LogP contribution in [0.5, 0.6) is 0 Å². The average Bonchev–Trinajstić information content (AvgIpc) is 1.65. The summed E-state index contributed by atoms with van der Waals surface area (Å²) in [7, 11) is 0. The molecule has 0 bridgehead atoms. The number of hydrogen-bond acceptors (Lipinski definition) is 2. The molecule has 0 aliphatic carbocycles. The van der Waals surface area contributed by atoms with E-state index >= 15 is 0 Å². The Kier molecular flexibility index (Phi) is 3.34. The third-order valence-corrected chi connectivity index (χ3v) is 1.33. The molecule has 1 unspecified atom stereocenters. The maximum absolute atomic E-state index is 5.59. The largest absolute Gasteiger partial charge is 0.271 e. The maximum atomic E-state index is 5.59. The van der Waals surface area contributed by atoms with Crippen LogP contribution in [0.4, 0.5) is 0 Å². The first-order valence-electron chi connectivity index (χ1n) is 2.28. The van der Waals surface area contributed by atoms with Crippen molar-refractivity contribution in [1.82, 2.24) is 5.43 Å². The third-order valence-electron chi connectivity index (χ3n) is 0.952. The highest BCUT2D eigenvalue weighted by Crippen LogP contribution is 1.97. The predicted octanol–water partition coefficient (Wildman–Crippen LogP) is 0.466. The van der Waals surface area contributed by atoms with Gasteiger partial charge in [-0.05, 0) is 13.8 Å². The van der Waals surface area contributed by atoms with Crippen LogP contribution in [0.15, 0.2) is 0 Å². The smallest absolute Gasteiger partial charge is 0.0471 e. The fourth-order valence-corrected chi connectivity index (χ4v) is 0.205. The molecule has 0 aromatic carbocycles. The van der Waals surface area contributed by atoms with Gasteiger partial charge in [-0.2, -0.15) is 0 Å². The second-order valence-corrected chi connectivity index (χ2v) is 2.32. The van der Waals surface area contributed by atoms with Crippen LogP contribution >= 0.6 is 11.6 Å². The number of rotatable bonds is 2. The molecule has 7 heavy (non-hydrogen) atoms. The van der Waals surface area contributed by atoms with Crippen molar-refractivity contribution >= 4 is 11.6 Å². The van der Waals surface area contributed by atoms with E-state index in [2.05, 4.69) is 5.43 Å². The normalized spacial score (nSPS) is 18.9. The Morgan fingerprint density at radius 2 is 2.00 bits per heavy atom. The lowest BCUT2D eigenvalue weighted by atomic mass is 10.3. The Balaban J connectivity index is 3.14. The van der Waals surface area contributed by atoms with Gasteiger partial charge < -0.3 is 0 Å². The molecule has 3 N–H and O–H groups in total. The van der Waals surface area contributed by atoms with Gasteiger partial charge in [-0.15, -0.1) is 11.6 Å². The van der Waals surface area contributed by atoms with E-state index < -0.39 is 0 Å². The summed E-state index contributed by atoms with van der Waals surface area (Å²) >= 11 is 5.59. The average molecular weight is 123 g/mol. The molecular weight excluding hydrogens is 112 g/mol. The van der Waals surface area contributed by atoms with Crippen LogP contribution in [0.2, 0.25) is 0 Å². The van der Waals surface area contributed by atoms with Crippen LogP contribution < -0.4 is 11.3 Å². The van der Waals surface area contributed by atoms with Gasteiger partial charge in [0.15, 0.2) is 0 Å². The summed E-state index contributed by atoms with van der Waals surface area (Å²) in [6.07, 6.45) is 0. The van der Waals surface area contributed by atoms with Crippen LogP contribution in [0.3, 0.4) is 0 Å². The van der Waals surface area contributed by atoms with Crippen LogP contribution in [0.1, 0.15) is 13.8 Å². The van der Waals surface area contributed by atoms with E-state index in [0.717, 1.165) is 0 Å². The Morgan fingerprint density at radius 3 is 2.00 bits per heavy atom. The summed E-state index contributed by atoms with van der Waals surface area (Å²) in [4.78, 5) is 0. The summed E-state index contributed by atoms with van der Waals surface area (Å²) in [6.45, 7) is 3.82. The van der Waals surface area contributed by atoms with Gasteiger partial charge in [-0.1, -0.05) is 0 Å². The maximum Gasteiger partial charge on any atom is 0.0471 e. The molecule has 0 aromatic heterocycles. The van der Waals surface area contributed by atoms with Gasteiger partial charge >= 0.3 is 0 Å². The quantitative estimate of drug-likeness (QED) is 0.317. The van der Waals surface area contributed by atoms with Crippen molar-refractivity contribution in [3.8, 4) is 0 Å². The molecule has 0 aromatic rings. The van der Waals surface area contributed by atoms with E-state index in [-0.39, 0.29) is 11.4 Å². The van der Waals surface area contributed by atoms with E-state index in [1.54, 1.807) is 0 Å². The highest BCUT2D eigenvalue weighted by atomic mass is 35.5. The standard InChI is InChI=1S/C4H11ClN2/c1-3(5)4(2)7-6/h3-4,7H,6H2,1-2H3/t3?,4-/m1/s1. The minimum atomic E-state index is 0.102. The molecule has 0 heterocycles. The van der Waals surface area contributed by atoms with E-state index in [1.165, 1.54) is 0 Å². The molecule has 2 nitrogen and oxygen atoms in total. The molecule has 0 saturated heterocycles. The van der Waals surface area contributed by atoms with Crippen LogP contribution in [-0.2, 0) is 0 Å². The molecule has 0 aliphatic rings. The van der Waals surface area contributed by atoms with Gasteiger partial charge in [0.25, 0.3) is 0 Å². The first-order chi connectivity index (χ1) is 3.18. The summed E-state index contributed by atoms with van der Waals surface area (Å²) in [5.74, 6) is 5.04. The first-order valence-corrected chi connectivity index (χ1v) is 2.72. The molecule has 0 spiro atoms. The van der Waals surface area contributed by atoms with Gasteiger partial charge in [0.05, 0.1) is 0 Å². The van der Waals surface area contributed by atoms with Gasteiger partial charge in [-0.25, -0.2) is 0 Å². The molecular formula is C4H11ClN2. The minimum absolute atomic E-state index is 0.102. The number of nitrogens with two attached hydrogens (primary N) is 1. The second kappa shape index (κ2) is 3.24. The Morgan fingerprint density at radius 1 is 1.57 bits per heavy atom. The highest BCUT2D eigenvalue weighted by Gasteiger charge is 2.03. The topological polar surface area (TPSA) is 38.0 Å². The minimum Gasteiger partial charge on any atom is -0.271 e. The lowest BCUT2D eigenvalue weighted by molar-refractivity contribution is 0.561. The van der Waals surface area contributed by atoms with Gasteiger partial charge in [-0.3, -0.25) is 11.3 Å². The van der Waals surface area contributed by atoms with E-state index in [4.69, 9.17) is 17.4 Å². The molecule has 0 saturated carbocycles. The van der Waals surface area contributed by atoms with Crippen molar-refractivity contribution in [2.75, 3.05) is 0 Å². The summed E-state index contributed by atoms with van der Waals surface area (Å²) in [5, 5.41) is 0.102. The number of halogens is 1. The van der Waals surface area contributed by atoms with Crippen molar-refractivity contribution in [1.29, 1.82) is 0 Å². The van der Waals surface area contributed by atoms with Gasteiger partial charge in [0.2, 0.25) is 0 Å². The first kappa shape index (κ1) is 7.21. The zero-order valence-electron chi connectivity index (χ0n) is 4.61. The molecule has 0 fully saturated rings. The van der Waals surface area contributed by atoms with Crippen molar-refractivity contribution < 1.29 is 0 Å². The fourth-order valence-electron chi connectivity index (χ4n) is 0.133. The van der Waals surface area contributed by atoms with Crippen molar-refractivity contribution in [2.45, 2.75) is 25.3 Å². The number of hydrazine groups is 1. The fraction of sp³-hybridized carbons (Fsp3) is 1.00. The Labute approximate surface area is 49.0 Å². The monoisotopic (exact) mass is 122 g/mol. The zero-order valence-corrected chi connectivity index (χ0v) is 5.37. The van der Waals surface area contributed by atoms with Crippen molar-refractivity contribution in [2.24, 2.45) is 5.84 Å². The lowest BCUT2D eigenvalue weighted by Crippen LogP contribution is -2.37. The highest BCUT2D eigenvalue weighted by molar-refractivity contribution is 6.20. The van der Waals surface area contributed by atoms with Crippen molar-refractivity contribution in [3.05, 3.63) is 0 Å². The Bertz CT molecular complexity index is 47.0. The summed E-state index contributed by atoms with van der Waals surface area (Å²) in [5.41, 5.74) is 2.53. The van der Waals surface area contributed by atoms with Crippen LogP contribution in [-0.4, -0.2) is 11.4 Å². The third kappa shape index (κ3) is 2.85. The van der Waals surface area contributed by atoms with E-state index in [0.29, 0.717) is 0 Å². The molecule has 0 rings (SSSR count). The predicted molar refractivity (Wildman–Crippen MR) is 32.1 cm³/mol. The second-order valence-electron chi connectivity index (χ2n) is 1.63. The molecule has 3 heteroatoms. The van der Waals surface area contributed by atoms with Gasteiger partial charge in [0.1, 0.15) is 0 Å². The Hall–Kier alpha value is 0.210. The van der Waals surface area contributed by atoms with Crippen molar-refractivity contribution in [3.63, 3.8) is 0 Å². The van der Waals surface area contributed by atoms with Gasteiger partial charge in [0, 0.05) is 11.4 Å². The summed E-state index contributed by atoms with van der Waals surface area (Å²) < 4.78 is 0. The molecule has 0 aliphatic heterocycles. The zero-order chi connectivity index (χ0) is 5.86. The molecule has 44 valence electrons. The molecule has 2 atom stereocenters. The lowest BCUT2D eigenvalue weighted by Gasteiger charge is -2.10. The van der Waals surface area contributed by atoms with Crippen LogP contribution in [0.25, 0.3) is 0 Å². The van der Waals surface area contributed by atoms with E-state index in [1.807, 2.05) is 13.8 Å². The molecule has 0 radical (unpaired) electrons.